The van der Waals surface area contributed by atoms with Crippen molar-refractivity contribution in [3.05, 3.63) is 64.2 Å². The summed E-state index contributed by atoms with van der Waals surface area (Å²) < 4.78 is 4.79. The van der Waals surface area contributed by atoms with Crippen LogP contribution in [-0.2, 0) is 10.2 Å². The Morgan fingerprint density at radius 2 is 1.91 bits per heavy atom. The minimum Gasteiger partial charge on any atom is -0.465 e. The Balaban J connectivity index is 0.00000306. The minimum atomic E-state index is -0.376. The van der Waals surface area contributed by atoms with E-state index in [1.54, 1.807) is 12.1 Å². The van der Waals surface area contributed by atoms with Gasteiger partial charge in [-0.15, -0.1) is 12.4 Å². The fourth-order valence-corrected chi connectivity index (χ4v) is 5.41. The highest BCUT2D eigenvalue weighted by Gasteiger charge is 2.41. The fraction of sp³-hybridized carbons (Fsp3) is 0.440. The number of amides is 2. The van der Waals surface area contributed by atoms with Crippen molar-refractivity contribution < 1.29 is 14.3 Å². The molecule has 0 unspecified atom stereocenters. The third-order valence-corrected chi connectivity index (χ3v) is 7.37. The van der Waals surface area contributed by atoms with Crippen molar-refractivity contribution in [3.63, 3.8) is 0 Å². The van der Waals surface area contributed by atoms with E-state index in [9.17, 15) is 9.59 Å². The molecular formula is C25H31Cl2N3O3. The Labute approximate surface area is 206 Å². The van der Waals surface area contributed by atoms with Crippen LogP contribution in [-0.4, -0.2) is 49.7 Å². The van der Waals surface area contributed by atoms with Gasteiger partial charge in [-0.25, -0.2) is 9.59 Å². The Morgan fingerprint density at radius 1 is 1.18 bits per heavy atom. The summed E-state index contributed by atoms with van der Waals surface area (Å²) >= 11 is 6.23. The van der Waals surface area contributed by atoms with Gasteiger partial charge in [-0.2, -0.15) is 0 Å². The average molecular weight is 492 g/mol. The summed E-state index contributed by atoms with van der Waals surface area (Å²) in [4.78, 5) is 28.9. The molecule has 4 rings (SSSR count). The molecule has 6 nitrogen and oxygen atoms in total. The van der Waals surface area contributed by atoms with Crippen LogP contribution < -0.4 is 10.6 Å². The number of rotatable bonds is 5. The summed E-state index contributed by atoms with van der Waals surface area (Å²) in [6, 6.07) is 13.6. The summed E-state index contributed by atoms with van der Waals surface area (Å²) in [6.07, 6.45) is 3.71. The van der Waals surface area contributed by atoms with E-state index >= 15 is 0 Å². The van der Waals surface area contributed by atoms with Gasteiger partial charge < -0.3 is 15.4 Å². The van der Waals surface area contributed by atoms with Gasteiger partial charge in [0.1, 0.15) is 0 Å². The Morgan fingerprint density at radius 3 is 2.52 bits per heavy atom. The van der Waals surface area contributed by atoms with Gasteiger partial charge in [0.2, 0.25) is 0 Å². The van der Waals surface area contributed by atoms with Gasteiger partial charge in [-0.3, -0.25) is 4.90 Å². The first-order chi connectivity index (χ1) is 15.4. The summed E-state index contributed by atoms with van der Waals surface area (Å²) in [5.74, 6) is -0.376. The van der Waals surface area contributed by atoms with Gasteiger partial charge in [-0.1, -0.05) is 23.7 Å². The molecule has 2 aromatic carbocycles. The number of benzene rings is 2. The normalized spacial score (nSPS) is 22.8. The summed E-state index contributed by atoms with van der Waals surface area (Å²) in [7, 11) is 1.36. The highest BCUT2D eigenvalue weighted by Crippen LogP contribution is 2.41. The number of anilines is 1. The molecule has 8 heteroatoms. The van der Waals surface area contributed by atoms with E-state index in [1.807, 2.05) is 41.0 Å². The molecule has 1 saturated carbocycles. The van der Waals surface area contributed by atoms with Crippen molar-refractivity contribution in [1.82, 2.24) is 4.90 Å². The Bertz CT molecular complexity index is 1020. The summed E-state index contributed by atoms with van der Waals surface area (Å²) in [5.41, 5.74) is 9.57. The van der Waals surface area contributed by atoms with Crippen LogP contribution in [0.15, 0.2) is 42.5 Å². The van der Waals surface area contributed by atoms with Crippen LogP contribution in [0.4, 0.5) is 10.5 Å². The molecule has 1 aliphatic carbocycles. The number of hydrogen-bond donors (Lipinski definition) is 1. The number of urea groups is 1. The van der Waals surface area contributed by atoms with E-state index in [2.05, 4.69) is 6.07 Å². The average Bonchev–Trinajstić information content (AvgIpc) is 3.19. The molecule has 2 amide bonds. The molecule has 0 bridgehead atoms. The largest absolute Gasteiger partial charge is 0.465 e. The molecule has 1 heterocycles. The second-order valence-corrected chi connectivity index (χ2v) is 9.28. The molecule has 0 radical (unpaired) electrons. The minimum absolute atomic E-state index is 0. The Kier molecular flexibility index (Phi) is 7.93. The molecule has 0 aromatic heterocycles. The zero-order valence-corrected chi connectivity index (χ0v) is 20.6. The van der Waals surface area contributed by atoms with Gasteiger partial charge in [0.15, 0.2) is 0 Å². The molecule has 1 saturated heterocycles. The maximum Gasteiger partial charge on any atom is 0.337 e. The third-order valence-electron chi connectivity index (χ3n) is 7.13. The number of carbonyl (C=O) groups excluding carboxylic acids is 2. The van der Waals surface area contributed by atoms with Crippen molar-refractivity contribution in [2.75, 3.05) is 31.6 Å². The first-order valence-electron chi connectivity index (χ1n) is 11.1. The van der Waals surface area contributed by atoms with E-state index in [0.29, 0.717) is 25.2 Å². The quantitative estimate of drug-likeness (QED) is 0.600. The van der Waals surface area contributed by atoms with Crippen molar-refractivity contribution in [3.8, 4) is 0 Å². The zero-order valence-electron chi connectivity index (χ0n) is 19.1. The van der Waals surface area contributed by atoms with Crippen LogP contribution in [0.2, 0.25) is 5.02 Å². The number of carbonyl (C=O) groups is 2. The third kappa shape index (κ3) is 4.84. The van der Waals surface area contributed by atoms with Crippen molar-refractivity contribution in [2.45, 2.75) is 44.1 Å². The van der Waals surface area contributed by atoms with Crippen LogP contribution >= 0.6 is 24.0 Å². The number of halogens is 2. The van der Waals surface area contributed by atoms with Crippen LogP contribution in [0.3, 0.4) is 0 Å². The number of esters is 1. The van der Waals surface area contributed by atoms with Gasteiger partial charge in [0.05, 0.1) is 12.7 Å². The molecule has 178 valence electrons. The number of nitrogens with zero attached hydrogens (tertiary/aromatic N) is 2. The van der Waals surface area contributed by atoms with Crippen molar-refractivity contribution in [2.24, 2.45) is 5.73 Å². The fourth-order valence-electron chi connectivity index (χ4n) is 5.22. The topological polar surface area (TPSA) is 75.9 Å². The van der Waals surface area contributed by atoms with Crippen molar-refractivity contribution >= 4 is 41.7 Å². The second kappa shape index (κ2) is 10.3. The van der Waals surface area contributed by atoms with Crippen molar-refractivity contribution in [1.29, 1.82) is 0 Å². The number of nitrogens with two attached hydrogens (primary N) is 1. The predicted molar refractivity (Wildman–Crippen MR) is 134 cm³/mol. The van der Waals surface area contributed by atoms with Crippen LogP contribution in [0, 0.1) is 6.92 Å². The monoisotopic (exact) mass is 491 g/mol. The van der Waals surface area contributed by atoms with E-state index in [4.69, 9.17) is 22.1 Å². The van der Waals surface area contributed by atoms with Crippen LogP contribution in [0.25, 0.3) is 0 Å². The zero-order chi connectivity index (χ0) is 22.9. The van der Waals surface area contributed by atoms with E-state index < -0.39 is 0 Å². The van der Waals surface area contributed by atoms with E-state index in [1.165, 1.54) is 12.7 Å². The number of hydrogen-bond acceptors (Lipinski definition) is 4. The van der Waals surface area contributed by atoms with E-state index in [0.717, 1.165) is 42.0 Å². The smallest absolute Gasteiger partial charge is 0.337 e. The number of methoxy groups -OCH3 is 1. The van der Waals surface area contributed by atoms with Gasteiger partial charge in [0, 0.05) is 41.8 Å². The van der Waals surface area contributed by atoms with Gasteiger partial charge >= 0.3 is 12.0 Å². The number of ether oxygens (including phenoxy) is 1. The molecule has 2 fully saturated rings. The molecule has 33 heavy (non-hydrogen) atoms. The molecule has 0 atom stereocenters. The lowest BCUT2D eigenvalue weighted by molar-refractivity contribution is 0.0600. The van der Waals surface area contributed by atoms with Gasteiger partial charge in [0.25, 0.3) is 0 Å². The summed E-state index contributed by atoms with van der Waals surface area (Å²) in [5, 5.41) is 0.733. The lowest BCUT2D eigenvalue weighted by Gasteiger charge is -2.42. The number of aryl methyl sites for hydroxylation is 1. The molecule has 0 spiro atoms. The molecule has 2 aliphatic rings. The molecule has 1 aliphatic heterocycles. The predicted octanol–water partition coefficient (Wildman–Crippen LogP) is 4.94. The first-order valence-corrected chi connectivity index (χ1v) is 11.5. The summed E-state index contributed by atoms with van der Waals surface area (Å²) in [6.45, 7) is 3.84. The second-order valence-electron chi connectivity index (χ2n) is 8.85. The molecule has 2 aromatic rings. The van der Waals surface area contributed by atoms with E-state index in [-0.39, 0.29) is 35.9 Å². The van der Waals surface area contributed by atoms with Gasteiger partial charge in [-0.05, 0) is 74.1 Å². The standard InChI is InChI=1S/C25H30ClN3O3.ClH/c1-17-14-18(23(30)32-2)6-7-22(17)29-13-12-28(24(29)31)21-8-10-25(16-27,11-9-21)19-4-3-5-20(26)15-19;/h3-7,14-15,21H,8-13,16,27H2,1-2H3;1H. The maximum atomic E-state index is 13.3. The maximum absolute atomic E-state index is 13.3. The lowest BCUT2D eigenvalue weighted by Crippen LogP contribution is -2.47. The van der Waals surface area contributed by atoms with Crippen LogP contribution in [0.5, 0.6) is 0 Å². The molecular weight excluding hydrogens is 461 g/mol. The Hall–Kier alpha value is -2.28. The highest BCUT2D eigenvalue weighted by atomic mass is 35.5. The molecule has 2 N–H and O–H groups in total. The SMILES string of the molecule is COC(=O)c1ccc(N2CCN(C3CCC(CN)(c4cccc(Cl)c4)CC3)C2=O)c(C)c1.Cl. The highest BCUT2D eigenvalue weighted by molar-refractivity contribution is 6.30. The lowest BCUT2D eigenvalue weighted by atomic mass is 9.68. The van der Waals surface area contributed by atoms with Crippen LogP contribution in [0.1, 0.15) is 47.2 Å². The first kappa shape index (κ1) is 25.3.